The molecule has 0 atom stereocenters. The van der Waals surface area contributed by atoms with Crippen molar-refractivity contribution in [2.24, 2.45) is 0 Å². The van der Waals surface area contributed by atoms with Gasteiger partial charge in [0.2, 0.25) is 0 Å². The molecule has 9 heavy (non-hydrogen) atoms. The van der Waals surface area contributed by atoms with Crippen LogP contribution in [0.5, 0.6) is 0 Å². The summed E-state index contributed by atoms with van der Waals surface area (Å²) in [5.74, 6) is 0. The summed E-state index contributed by atoms with van der Waals surface area (Å²) in [6, 6.07) is 0. The van der Waals surface area contributed by atoms with Crippen molar-refractivity contribution in [3.8, 4) is 0 Å². The van der Waals surface area contributed by atoms with Gasteiger partial charge in [0.05, 0.1) is 0 Å². The van der Waals surface area contributed by atoms with E-state index in [1.807, 2.05) is 14.1 Å². The molecule has 0 aromatic carbocycles. The minimum atomic E-state index is 0. The van der Waals surface area contributed by atoms with Crippen molar-refractivity contribution in [3.05, 3.63) is 0 Å². The van der Waals surface area contributed by atoms with Crippen molar-refractivity contribution in [2.75, 3.05) is 28.3 Å². The van der Waals surface area contributed by atoms with Gasteiger partial charge in [-0.05, 0) is 14.1 Å². The molecule has 0 amide bonds. The molecule has 3 nitrogen and oxygen atoms in total. The van der Waals surface area contributed by atoms with Gasteiger partial charge in [-0.15, -0.1) is 12.4 Å². The molecule has 0 rings (SSSR count). The normalized spacial score (nSPS) is 7.11. The number of nitrogens with one attached hydrogen (secondary N) is 1. The smallest absolute Gasteiger partial charge is 0.147 e. The van der Waals surface area contributed by atoms with E-state index in [1.165, 1.54) is 0 Å². The Hall–Kier alpha value is 0.689. The first-order valence-corrected chi connectivity index (χ1v) is 3.01. The van der Waals surface area contributed by atoms with Crippen LogP contribution in [0.2, 0.25) is 0 Å². The van der Waals surface area contributed by atoms with E-state index in [1.54, 1.807) is 14.2 Å². The second kappa shape index (κ2) is 23.4. The molecule has 5 heteroatoms. The quantitative estimate of drug-likeness (QED) is 0.655. The Bertz CT molecular complexity index is 32.5. The average Bonchev–Trinajstić information content (AvgIpc) is 1.71. The molecule has 0 saturated carbocycles. The van der Waals surface area contributed by atoms with Crippen LogP contribution >= 0.6 is 12.4 Å². The van der Waals surface area contributed by atoms with E-state index in [0.717, 1.165) is 0 Å². The fourth-order valence-corrected chi connectivity index (χ4v) is 0.243. The number of hydrogen-bond acceptors (Lipinski definition) is 3. The van der Waals surface area contributed by atoms with Crippen molar-refractivity contribution in [2.45, 2.75) is 0 Å². The fraction of sp³-hybridized carbons (Fsp3) is 1.00. The van der Waals surface area contributed by atoms with Crippen LogP contribution in [0.1, 0.15) is 0 Å². The molecule has 0 fully saturated rings. The Morgan fingerprint density at radius 1 is 1.11 bits per heavy atom. The molecule has 0 spiro atoms. The predicted octanol–water partition coefficient (Wildman–Crippen LogP) is 0.449. The second-order valence-electron chi connectivity index (χ2n) is 0.848. The van der Waals surface area contributed by atoms with E-state index in [0.29, 0.717) is 15.6 Å². The zero-order chi connectivity index (χ0) is 6.83. The molecular formula is C4H14ClFeNO2. The SMILES string of the molecule is CNC.C[O][Fe][O]C.Cl. The Labute approximate surface area is 69.7 Å². The van der Waals surface area contributed by atoms with Gasteiger partial charge >= 0.3 is 37.5 Å². The number of rotatable bonds is 2. The third kappa shape index (κ3) is 53.8. The zero-order valence-electron chi connectivity index (χ0n) is 6.08. The fourth-order valence-electron chi connectivity index (χ4n) is 0.0589. The Morgan fingerprint density at radius 2 is 1.33 bits per heavy atom. The first kappa shape index (κ1) is 16.3. The van der Waals surface area contributed by atoms with Crippen molar-refractivity contribution in [1.29, 1.82) is 0 Å². The maximum Gasteiger partial charge on any atom is -0.147 e. The summed E-state index contributed by atoms with van der Waals surface area (Å²) in [5, 5.41) is 2.75. The monoisotopic (exact) mass is 199 g/mol. The van der Waals surface area contributed by atoms with Gasteiger partial charge < -0.3 is 5.32 Å². The van der Waals surface area contributed by atoms with Crippen LogP contribution in [0.3, 0.4) is 0 Å². The Morgan fingerprint density at radius 3 is 1.33 bits per heavy atom. The summed E-state index contributed by atoms with van der Waals surface area (Å²) in [4.78, 5) is 0. The third-order valence-electron chi connectivity index (χ3n) is 0.118. The van der Waals surface area contributed by atoms with E-state index in [4.69, 9.17) is 0 Å². The molecule has 62 valence electrons. The van der Waals surface area contributed by atoms with Crippen LogP contribution in [0.25, 0.3) is 0 Å². The van der Waals surface area contributed by atoms with Crippen molar-refractivity contribution in [3.63, 3.8) is 0 Å². The third-order valence-corrected chi connectivity index (χ3v) is 0.486. The van der Waals surface area contributed by atoms with Gasteiger partial charge in [0.1, 0.15) is 0 Å². The van der Waals surface area contributed by atoms with E-state index in [9.17, 15) is 0 Å². The zero-order valence-corrected chi connectivity index (χ0v) is 8.00. The maximum absolute atomic E-state index is 4.47. The summed E-state index contributed by atoms with van der Waals surface area (Å²) in [7, 11) is 6.92. The molecule has 0 aliphatic heterocycles. The first-order chi connectivity index (χ1) is 3.83. The van der Waals surface area contributed by atoms with E-state index in [2.05, 4.69) is 13.0 Å². The minimum absolute atomic E-state index is 0. The van der Waals surface area contributed by atoms with E-state index >= 15 is 0 Å². The molecule has 0 radical (unpaired) electrons. The van der Waals surface area contributed by atoms with Crippen molar-refractivity contribution in [1.82, 2.24) is 5.32 Å². The van der Waals surface area contributed by atoms with E-state index < -0.39 is 0 Å². The van der Waals surface area contributed by atoms with Crippen LogP contribution in [0.15, 0.2) is 0 Å². The predicted molar refractivity (Wildman–Crippen MR) is 36.2 cm³/mol. The second-order valence-corrected chi connectivity index (χ2v) is 1.93. The average molecular weight is 199 g/mol. The van der Waals surface area contributed by atoms with Crippen LogP contribution in [0, 0.1) is 0 Å². The van der Waals surface area contributed by atoms with Gasteiger partial charge in [0.25, 0.3) is 0 Å². The minimum Gasteiger partial charge on any atom is -0.147 e. The van der Waals surface area contributed by atoms with Gasteiger partial charge in [-0.1, -0.05) is 0 Å². The molecular weight excluding hydrogens is 185 g/mol. The van der Waals surface area contributed by atoms with E-state index in [-0.39, 0.29) is 12.4 Å². The molecule has 0 bridgehead atoms. The summed E-state index contributed by atoms with van der Waals surface area (Å²) >= 11 is 0.389. The summed E-state index contributed by atoms with van der Waals surface area (Å²) in [5.41, 5.74) is 0. The summed E-state index contributed by atoms with van der Waals surface area (Å²) in [6.07, 6.45) is 0. The molecule has 0 aliphatic rings. The molecule has 1 N–H and O–H groups in total. The van der Waals surface area contributed by atoms with Crippen LogP contribution in [0.4, 0.5) is 0 Å². The van der Waals surface area contributed by atoms with Crippen molar-refractivity contribution < 1.29 is 23.3 Å². The van der Waals surface area contributed by atoms with Gasteiger partial charge in [-0.25, -0.2) is 0 Å². The topological polar surface area (TPSA) is 30.5 Å². The summed E-state index contributed by atoms with van der Waals surface area (Å²) < 4.78 is 8.94. The maximum atomic E-state index is 4.47. The molecule has 0 heterocycles. The van der Waals surface area contributed by atoms with Gasteiger partial charge in [0.15, 0.2) is 0 Å². The van der Waals surface area contributed by atoms with Crippen LogP contribution in [-0.2, 0) is 23.3 Å². The standard InChI is InChI=1S/C2H7N.2CH3O.ClH.Fe/c1-3-2;2*1-2;;/h3H,1-2H3;2*1H3;1H;/q;2*-1;;+2. The largest absolute Gasteiger partial charge is 0.147 e. The van der Waals surface area contributed by atoms with Gasteiger partial charge in [-0.2, -0.15) is 0 Å². The Kier molecular flexibility index (Phi) is 42.4. The molecule has 0 aromatic heterocycles. The number of halogens is 1. The van der Waals surface area contributed by atoms with Crippen molar-refractivity contribution >= 4 is 12.4 Å². The molecule has 0 aromatic rings. The first-order valence-electron chi connectivity index (χ1n) is 2.11. The number of hydrogen-bond donors (Lipinski definition) is 1. The van der Waals surface area contributed by atoms with Gasteiger partial charge in [0, 0.05) is 0 Å². The summed E-state index contributed by atoms with van der Waals surface area (Å²) in [6.45, 7) is 0. The molecule has 0 unspecified atom stereocenters. The Balaban J connectivity index is -0.0000000800. The van der Waals surface area contributed by atoms with Crippen LogP contribution < -0.4 is 5.32 Å². The molecule has 0 aliphatic carbocycles. The van der Waals surface area contributed by atoms with Crippen LogP contribution in [-0.4, -0.2) is 28.3 Å². The van der Waals surface area contributed by atoms with Gasteiger partial charge in [-0.3, -0.25) is 0 Å². The molecule has 0 saturated heterocycles.